The minimum absolute atomic E-state index is 0.0727. The quantitative estimate of drug-likeness (QED) is 0.749. The molecule has 0 aromatic heterocycles. The number of hydrogen-bond acceptors (Lipinski definition) is 4. The zero-order valence-electron chi connectivity index (χ0n) is 15.2. The molecule has 0 spiro atoms. The lowest BCUT2D eigenvalue weighted by molar-refractivity contribution is -0.124. The number of aliphatic imine (C=N–C) groups is 1. The Morgan fingerprint density at radius 3 is 2.56 bits per heavy atom. The maximum atomic E-state index is 12.5. The van der Waals surface area contributed by atoms with Crippen molar-refractivity contribution < 1.29 is 13.2 Å². The van der Waals surface area contributed by atoms with E-state index in [9.17, 15) is 13.2 Å². The number of nitrogens with zero attached hydrogens (tertiary/aromatic N) is 2. The number of carbonyl (C=O) groups is 1. The molecule has 0 radical (unpaired) electrons. The van der Waals surface area contributed by atoms with E-state index >= 15 is 0 Å². The summed E-state index contributed by atoms with van der Waals surface area (Å²) in [5.41, 5.74) is 2.52. The predicted octanol–water partition coefficient (Wildman–Crippen LogP) is 2.95. The smallest absolute Gasteiger partial charge is 0.253 e. The number of amidine groups is 1. The van der Waals surface area contributed by atoms with Crippen LogP contribution in [0.2, 0.25) is 0 Å². The second-order valence-electron chi connectivity index (χ2n) is 7.91. The average molecular weight is 381 g/mol. The number of sulfone groups is 1. The number of amides is 1. The molecule has 1 aromatic carbocycles. The van der Waals surface area contributed by atoms with Crippen LogP contribution in [0.1, 0.15) is 31.9 Å². The highest BCUT2D eigenvalue weighted by atomic mass is 32.2. The van der Waals surface area contributed by atoms with Gasteiger partial charge >= 0.3 is 0 Å². The van der Waals surface area contributed by atoms with E-state index in [1.54, 1.807) is 0 Å². The Morgan fingerprint density at radius 1 is 1.24 bits per heavy atom. The molecule has 1 amide bonds. The van der Waals surface area contributed by atoms with Crippen LogP contribution in [0.3, 0.4) is 0 Å². The maximum absolute atomic E-state index is 12.5. The molecule has 5 nitrogen and oxygen atoms in total. The summed E-state index contributed by atoms with van der Waals surface area (Å²) in [6.45, 7) is 9.53. The van der Waals surface area contributed by atoms with E-state index in [4.69, 9.17) is 0 Å². The number of aryl methyl sites for hydroxylation is 2. The highest BCUT2D eigenvalue weighted by Crippen LogP contribution is 2.42. The molecule has 2 unspecified atom stereocenters. The zero-order chi connectivity index (χ0) is 18.6. The largest absolute Gasteiger partial charge is 0.315 e. The van der Waals surface area contributed by atoms with Gasteiger partial charge in [-0.3, -0.25) is 4.79 Å². The van der Waals surface area contributed by atoms with Crippen molar-refractivity contribution in [1.29, 1.82) is 0 Å². The zero-order valence-corrected chi connectivity index (χ0v) is 16.9. The molecule has 2 saturated heterocycles. The Balaban J connectivity index is 2.09. The van der Waals surface area contributed by atoms with E-state index in [1.165, 1.54) is 11.8 Å². The molecule has 2 fully saturated rings. The normalized spacial score (nSPS) is 26.9. The van der Waals surface area contributed by atoms with Crippen LogP contribution in [-0.2, 0) is 14.6 Å². The molecule has 0 bridgehead atoms. The van der Waals surface area contributed by atoms with Crippen molar-refractivity contribution in [1.82, 2.24) is 0 Å². The van der Waals surface area contributed by atoms with Gasteiger partial charge in [0.25, 0.3) is 5.91 Å². The lowest BCUT2D eigenvalue weighted by Crippen LogP contribution is -2.38. The maximum Gasteiger partial charge on any atom is 0.253 e. The third kappa shape index (κ3) is 3.62. The number of fused-ring (bicyclic) bond motifs is 1. The van der Waals surface area contributed by atoms with E-state index < -0.39 is 15.3 Å². The second kappa shape index (κ2) is 6.13. The van der Waals surface area contributed by atoms with Crippen LogP contribution in [0, 0.1) is 19.3 Å². The predicted molar refractivity (Wildman–Crippen MR) is 104 cm³/mol. The van der Waals surface area contributed by atoms with Crippen LogP contribution < -0.4 is 4.90 Å². The van der Waals surface area contributed by atoms with Crippen molar-refractivity contribution >= 4 is 38.4 Å². The van der Waals surface area contributed by atoms with E-state index in [0.29, 0.717) is 5.17 Å². The molecule has 25 heavy (non-hydrogen) atoms. The van der Waals surface area contributed by atoms with Crippen LogP contribution in [0.4, 0.5) is 5.69 Å². The van der Waals surface area contributed by atoms with Gasteiger partial charge in [0, 0.05) is 16.4 Å². The van der Waals surface area contributed by atoms with E-state index in [0.717, 1.165) is 16.8 Å². The van der Waals surface area contributed by atoms with Crippen molar-refractivity contribution in [3.05, 3.63) is 29.3 Å². The van der Waals surface area contributed by atoms with Crippen LogP contribution in [-0.4, -0.2) is 42.3 Å². The number of rotatable bonds is 1. The van der Waals surface area contributed by atoms with E-state index in [2.05, 4.69) is 4.99 Å². The van der Waals surface area contributed by atoms with Crippen molar-refractivity contribution in [2.75, 3.05) is 16.4 Å². The molecule has 1 aromatic rings. The molecular weight excluding hydrogens is 356 g/mol. The lowest BCUT2D eigenvalue weighted by atomic mass is 9.96. The topological polar surface area (TPSA) is 66.8 Å². The number of hydrogen-bond donors (Lipinski definition) is 0. The molecule has 3 rings (SSSR count). The van der Waals surface area contributed by atoms with Crippen LogP contribution in [0.5, 0.6) is 0 Å². The molecule has 2 atom stereocenters. The van der Waals surface area contributed by atoms with Crippen LogP contribution in [0.15, 0.2) is 23.2 Å². The Labute approximate surface area is 153 Å². The highest BCUT2D eigenvalue weighted by molar-refractivity contribution is 8.16. The van der Waals surface area contributed by atoms with Gasteiger partial charge in [-0.05, 0) is 31.0 Å². The molecule has 2 aliphatic heterocycles. The first-order valence-corrected chi connectivity index (χ1v) is 11.0. The van der Waals surface area contributed by atoms with E-state index in [-0.39, 0.29) is 28.7 Å². The van der Waals surface area contributed by atoms with Gasteiger partial charge in [-0.2, -0.15) is 4.99 Å². The van der Waals surface area contributed by atoms with Gasteiger partial charge in [0.15, 0.2) is 15.0 Å². The van der Waals surface area contributed by atoms with Gasteiger partial charge in [-0.25, -0.2) is 8.42 Å². The minimum atomic E-state index is -3.05. The molecule has 0 aliphatic carbocycles. The fourth-order valence-electron chi connectivity index (χ4n) is 3.08. The summed E-state index contributed by atoms with van der Waals surface area (Å²) in [5, 5.41) is 0.551. The number of anilines is 1. The molecule has 2 aliphatic rings. The molecule has 136 valence electrons. The minimum Gasteiger partial charge on any atom is -0.315 e. The van der Waals surface area contributed by atoms with Crippen molar-refractivity contribution in [2.24, 2.45) is 10.4 Å². The third-order valence-corrected chi connectivity index (χ3v) is 7.74. The summed E-state index contributed by atoms with van der Waals surface area (Å²) in [7, 11) is -3.05. The van der Waals surface area contributed by atoms with Crippen molar-refractivity contribution in [2.45, 2.75) is 45.9 Å². The van der Waals surface area contributed by atoms with Gasteiger partial charge in [-0.1, -0.05) is 44.7 Å². The Kier molecular flexibility index (Phi) is 4.52. The summed E-state index contributed by atoms with van der Waals surface area (Å²) < 4.78 is 24.2. The first kappa shape index (κ1) is 18.5. The molecule has 0 N–H and O–H groups in total. The summed E-state index contributed by atoms with van der Waals surface area (Å²) in [6, 6.07) is 5.93. The van der Waals surface area contributed by atoms with E-state index in [1.807, 2.05) is 57.7 Å². The standard InChI is InChI=1S/C18H24N2O3S2/c1-11-6-7-12(2)13(8-11)20-14-9-25(22,23)10-15(14)24-17(20)19-16(21)18(3,4)5/h6-8,14-15H,9-10H2,1-5H3. The monoisotopic (exact) mass is 380 g/mol. The van der Waals surface area contributed by atoms with Crippen molar-refractivity contribution in [3.63, 3.8) is 0 Å². The molecule has 7 heteroatoms. The highest BCUT2D eigenvalue weighted by Gasteiger charge is 2.49. The van der Waals surface area contributed by atoms with Gasteiger partial charge in [-0.15, -0.1) is 0 Å². The fourth-order valence-corrected chi connectivity index (χ4v) is 6.98. The Morgan fingerprint density at radius 2 is 1.92 bits per heavy atom. The van der Waals surface area contributed by atoms with Gasteiger partial charge < -0.3 is 4.90 Å². The third-order valence-electron chi connectivity index (χ3n) is 4.53. The van der Waals surface area contributed by atoms with Gasteiger partial charge in [0.1, 0.15) is 0 Å². The van der Waals surface area contributed by atoms with Crippen LogP contribution in [0.25, 0.3) is 0 Å². The summed E-state index contributed by atoms with van der Waals surface area (Å²) in [5.74, 6) is 0.0702. The molecule has 2 heterocycles. The van der Waals surface area contributed by atoms with Gasteiger partial charge in [0.2, 0.25) is 0 Å². The summed E-state index contributed by atoms with van der Waals surface area (Å²) >= 11 is 1.42. The summed E-state index contributed by atoms with van der Waals surface area (Å²) in [6.07, 6.45) is 0. The van der Waals surface area contributed by atoms with Crippen molar-refractivity contribution in [3.8, 4) is 0 Å². The summed E-state index contributed by atoms with van der Waals surface area (Å²) in [4.78, 5) is 18.8. The SMILES string of the molecule is Cc1ccc(C)c(N2C(=NC(=O)C(C)(C)C)SC3CS(=O)(=O)CC32)c1. The Hall–Kier alpha value is -1.34. The second-order valence-corrected chi connectivity index (χ2v) is 11.3. The lowest BCUT2D eigenvalue weighted by Gasteiger charge is -2.27. The molecule has 0 saturated carbocycles. The number of benzene rings is 1. The van der Waals surface area contributed by atoms with Gasteiger partial charge in [0.05, 0.1) is 17.5 Å². The molecular formula is C18H24N2O3S2. The average Bonchev–Trinajstić information content (AvgIpc) is 2.92. The fraction of sp³-hybridized carbons (Fsp3) is 0.556. The number of carbonyl (C=O) groups excluding carboxylic acids is 1. The first-order valence-electron chi connectivity index (χ1n) is 8.35. The Bertz CT molecular complexity index is 854. The first-order chi connectivity index (χ1) is 11.5. The number of thioether (sulfide) groups is 1. The van der Waals surface area contributed by atoms with Crippen LogP contribution >= 0.6 is 11.8 Å².